The molecule has 1 aliphatic heterocycles. The maximum Gasteiger partial charge on any atom is 0.336 e. The van der Waals surface area contributed by atoms with E-state index in [1.807, 2.05) is 9.80 Å². The van der Waals surface area contributed by atoms with Gasteiger partial charge in [-0.2, -0.15) is 0 Å². The Morgan fingerprint density at radius 3 is 2.32 bits per heavy atom. The summed E-state index contributed by atoms with van der Waals surface area (Å²) in [5.74, 6) is -0.911. The fourth-order valence-electron chi connectivity index (χ4n) is 4.57. The lowest BCUT2D eigenvalue weighted by Crippen LogP contribution is -2.47. The summed E-state index contributed by atoms with van der Waals surface area (Å²) in [4.78, 5) is 20.9. The highest BCUT2D eigenvalue weighted by molar-refractivity contribution is 7.92. The van der Waals surface area contributed by atoms with Crippen LogP contribution in [0.1, 0.15) is 15.9 Å². The van der Waals surface area contributed by atoms with Crippen molar-refractivity contribution in [3.63, 3.8) is 0 Å². The lowest BCUT2D eigenvalue weighted by atomic mass is 10.1. The van der Waals surface area contributed by atoms with Crippen molar-refractivity contribution < 1.29 is 22.7 Å². The number of nitrogens with one attached hydrogen (secondary N) is 1. The van der Waals surface area contributed by atoms with E-state index in [0.717, 1.165) is 0 Å². The first-order chi connectivity index (χ1) is 17.7. The van der Waals surface area contributed by atoms with Gasteiger partial charge < -0.3 is 14.9 Å². The number of para-hydroxylation sites is 1. The molecule has 2 N–H and O–H groups in total. The number of anilines is 3. The number of aromatic carboxylic acids is 1. The summed E-state index contributed by atoms with van der Waals surface area (Å²) in [7, 11) is -3.86. The number of hydrogen-bond donors (Lipinski definition) is 2. The minimum Gasteiger partial charge on any atom is -0.478 e. The summed E-state index contributed by atoms with van der Waals surface area (Å²) in [5, 5.41) is 10.3. The Morgan fingerprint density at radius 2 is 1.62 bits per heavy atom. The predicted octanol–water partition coefficient (Wildman–Crippen LogP) is 4.51. The van der Waals surface area contributed by atoms with E-state index in [1.54, 1.807) is 55.5 Å². The molecule has 0 spiro atoms. The highest BCUT2D eigenvalue weighted by Crippen LogP contribution is 2.29. The van der Waals surface area contributed by atoms with Crippen molar-refractivity contribution >= 4 is 44.1 Å². The molecule has 0 bridgehead atoms. The SMILES string of the molecule is Cc1ccccc1S(=O)(=O)Nc1ccc2nc(N3CCN(c4ccccc4F)CC3)cc(C(=O)O)c2c1. The van der Waals surface area contributed by atoms with Crippen molar-refractivity contribution in [1.29, 1.82) is 0 Å². The second kappa shape index (κ2) is 9.70. The summed E-state index contributed by atoms with van der Waals surface area (Å²) >= 11 is 0. The van der Waals surface area contributed by atoms with E-state index >= 15 is 0 Å². The first-order valence-corrected chi connectivity index (χ1v) is 13.2. The second-order valence-corrected chi connectivity index (χ2v) is 10.5. The number of sulfonamides is 1. The predicted molar refractivity (Wildman–Crippen MR) is 142 cm³/mol. The van der Waals surface area contributed by atoms with Crippen LogP contribution in [-0.4, -0.2) is 50.7 Å². The van der Waals surface area contributed by atoms with Crippen molar-refractivity contribution in [3.05, 3.63) is 89.7 Å². The van der Waals surface area contributed by atoms with Crippen molar-refractivity contribution in [2.24, 2.45) is 0 Å². The van der Waals surface area contributed by atoms with Crippen LogP contribution in [-0.2, 0) is 10.0 Å². The Labute approximate surface area is 214 Å². The van der Waals surface area contributed by atoms with Gasteiger partial charge >= 0.3 is 5.97 Å². The molecular formula is C27H25FN4O4S. The molecule has 0 atom stereocenters. The fraction of sp³-hybridized carbons (Fsp3) is 0.185. The minimum atomic E-state index is -3.86. The van der Waals surface area contributed by atoms with Crippen LogP contribution in [0.5, 0.6) is 0 Å². The maximum atomic E-state index is 14.2. The number of halogens is 1. The van der Waals surface area contributed by atoms with E-state index in [4.69, 9.17) is 0 Å². The molecule has 4 aromatic rings. The molecule has 5 rings (SSSR count). The lowest BCUT2D eigenvalue weighted by Gasteiger charge is -2.37. The van der Waals surface area contributed by atoms with Crippen molar-refractivity contribution in [3.8, 4) is 0 Å². The zero-order chi connectivity index (χ0) is 26.2. The molecule has 37 heavy (non-hydrogen) atoms. The third-order valence-electron chi connectivity index (χ3n) is 6.46. The van der Waals surface area contributed by atoms with E-state index in [1.165, 1.54) is 24.3 Å². The zero-order valence-corrected chi connectivity index (χ0v) is 20.9. The largest absolute Gasteiger partial charge is 0.478 e. The molecule has 190 valence electrons. The number of carboxylic acids is 1. The topological polar surface area (TPSA) is 103 Å². The van der Waals surface area contributed by atoms with E-state index < -0.39 is 16.0 Å². The van der Waals surface area contributed by atoms with Crippen LogP contribution in [0, 0.1) is 12.7 Å². The number of rotatable bonds is 6. The molecule has 8 nitrogen and oxygen atoms in total. The first-order valence-electron chi connectivity index (χ1n) is 11.7. The summed E-state index contributed by atoms with van der Waals surface area (Å²) < 4.78 is 42.5. The molecule has 0 saturated carbocycles. The zero-order valence-electron chi connectivity index (χ0n) is 20.1. The first kappa shape index (κ1) is 24.5. The van der Waals surface area contributed by atoms with Gasteiger partial charge in [0.15, 0.2) is 0 Å². The Morgan fingerprint density at radius 1 is 0.946 bits per heavy atom. The van der Waals surface area contributed by atoms with Gasteiger partial charge in [-0.3, -0.25) is 4.72 Å². The number of pyridine rings is 1. The molecule has 1 saturated heterocycles. The highest BCUT2D eigenvalue weighted by Gasteiger charge is 2.23. The van der Waals surface area contributed by atoms with E-state index in [-0.39, 0.29) is 22.0 Å². The van der Waals surface area contributed by atoms with Gasteiger partial charge in [-0.1, -0.05) is 30.3 Å². The third kappa shape index (κ3) is 4.92. The van der Waals surface area contributed by atoms with Gasteiger partial charge in [0.05, 0.1) is 21.7 Å². The number of aryl methyl sites for hydroxylation is 1. The number of piperazine rings is 1. The van der Waals surface area contributed by atoms with E-state index in [0.29, 0.717) is 54.2 Å². The number of fused-ring (bicyclic) bond motifs is 1. The highest BCUT2D eigenvalue weighted by atomic mass is 32.2. The van der Waals surface area contributed by atoms with Crippen LogP contribution in [0.2, 0.25) is 0 Å². The summed E-state index contributed by atoms with van der Waals surface area (Å²) in [6, 6.07) is 19.4. The number of benzene rings is 3. The third-order valence-corrected chi connectivity index (χ3v) is 8.00. The molecule has 2 heterocycles. The number of aromatic nitrogens is 1. The normalized spacial score (nSPS) is 14.1. The Bertz CT molecular complexity index is 1600. The fourth-order valence-corrected chi connectivity index (χ4v) is 5.86. The van der Waals surface area contributed by atoms with Gasteiger partial charge in [-0.25, -0.2) is 22.6 Å². The maximum absolute atomic E-state index is 14.2. The Hall–Kier alpha value is -4.18. The van der Waals surface area contributed by atoms with Crippen molar-refractivity contribution in [2.75, 3.05) is 40.7 Å². The average molecular weight is 521 g/mol. The molecule has 0 aliphatic carbocycles. The van der Waals surface area contributed by atoms with Crippen molar-refractivity contribution in [2.45, 2.75) is 11.8 Å². The number of carboxylic acid groups (broad SMARTS) is 1. The van der Waals surface area contributed by atoms with Gasteiger partial charge in [0.1, 0.15) is 11.6 Å². The summed E-state index contributed by atoms with van der Waals surface area (Å²) in [6.07, 6.45) is 0. The van der Waals surface area contributed by atoms with Crippen LogP contribution >= 0.6 is 0 Å². The van der Waals surface area contributed by atoms with Crippen molar-refractivity contribution in [1.82, 2.24) is 4.98 Å². The van der Waals surface area contributed by atoms with Crippen LogP contribution in [0.15, 0.2) is 77.7 Å². The molecule has 3 aromatic carbocycles. The Balaban J connectivity index is 1.42. The number of carbonyl (C=O) groups is 1. The minimum absolute atomic E-state index is 0.0217. The summed E-state index contributed by atoms with van der Waals surface area (Å²) in [5.41, 5.74) is 1.84. The van der Waals surface area contributed by atoms with Crippen LogP contribution in [0.4, 0.5) is 21.6 Å². The lowest BCUT2D eigenvalue weighted by molar-refractivity contribution is 0.0699. The molecule has 1 aliphatic rings. The van der Waals surface area contributed by atoms with Gasteiger partial charge in [-0.15, -0.1) is 0 Å². The molecule has 1 fully saturated rings. The van der Waals surface area contributed by atoms with Crippen LogP contribution in [0.3, 0.4) is 0 Å². The molecule has 1 aromatic heterocycles. The Kier molecular flexibility index (Phi) is 6.43. The molecular weight excluding hydrogens is 495 g/mol. The summed E-state index contributed by atoms with van der Waals surface area (Å²) in [6.45, 7) is 3.91. The van der Waals surface area contributed by atoms with Crippen LogP contribution < -0.4 is 14.5 Å². The van der Waals surface area contributed by atoms with Gasteiger partial charge in [-0.05, 0) is 55.0 Å². The van der Waals surface area contributed by atoms with Gasteiger partial charge in [0, 0.05) is 37.3 Å². The smallest absolute Gasteiger partial charge is 0.336 e. The monoisotopic (exact) mass is 520 g/mol. The second-order valence-electron chi connectivity index (χ2n) is 8.86. The van der Waals surface area contributed by atoms with Gasteiger partial charge in [0.2, 0.25) is 0 Å². The molecule has 0 amide bonds. The standard InChI is InChI=1S/C27H25FN4O4S/c1-18-6-2-5-9-25(18)37(35,36)30-19-10-11-23-20(16-19)21(27(33)34)17-26(29-23)32-14-12-31(13-15-32)24-8-4-3-7-22(24)28/h2-11,16-17,30H,12-15H2,1H3,(H,33,34). The number of nitrogens with zero attached hydrogens (tertiary/aromatic N) is 3. The number of hydrogen-bond acceptors (Lipinski definition) is 6. The quantitative estimate of drug-likeness (QED) is 0.386. The van der Waals surface area contributed by atoms with E-state index in [9.17, 15) is 22.7 Å². The van der Waals surface area contributed by atoms with Crippen LogP contribution in [0.25, 0.3) is 10.9 Å². The molecule has 0 unspecified atom stereocenters. The molecule has 0 radical (unpaired) electrons. The van der Waals surface area contributed by atoms with E-state index in [2.05, 4.69) is 9.71 Å². The average Bonchev–Trinajstić information content (AvgIpc) is 2.88. The van der Waals surface area contributed by atoms with Gasteiger partial charge in [0.25, 0.3) is 10.0 Å². The molecule has 10 heteroatoms.